The second-order valence-electron chi connectivity index (χ2n) is 15.1. The normalized spacial score (nSPS) is 13.3. The molecule has 0 spiro atoms. The summed E-state index contributed by atoms with van der Waals surface area (Å²) in [5.74, 6) is 2.66. The minimum absolute atomic E-state index is 0.101. The van der Waals surface area contributed by atoms with Gasteiger partial charge in [-0.1, -0.05) is 83.1 Å². The van der Waals surface area contributed by atoms with E-state index >= 15 is 0 Å². The summed E-state index contributed by atoms with van der Waals surface area (Å²) in [5.41, 5.74) is 0.843. The first kappa shape index (κ1) is 51.1. The summed E-state index contributed by atoms with van der Waals surface area (Å²) in [4.78, 5) is 35.9. The monoisotopic (exact) mass is 790 g/mol. The van der Waals surface area contributed by atoms with E-state index in [-0.39, 0.29) is 34.2 Å². The summed E-state index contributed by atoms with van der Waals surface area (Å²) in [6.07, 6.45) is 4.69. The van der Waals surface area contributed by atoms with Gasteiger partial charge >= 0.3 is 45.4 Å². The molecule has 10 heteroatoms. The molecule has 264 valence electrons. The molecule has 44 heavy (non-hydrogen) atoms. The Hall–Kier alpha value is 0.259. The summed E-state index contributed by atoms with van der Waals surface area (Å²) in [6, 6.07) is 0. The van der Waals surface area contributed by atoms with E-state index in [1.165, 1.54) is 22.5 Å². The minimum atomic E-state index is -0.101. The number of ether oxygens (including phenoxy) is 3. The van der Waals surface area contributed by atoms with E-state index in [1.54, 1.807) is 0 Å². The van der Waals surface area contributed by atoms with E-state index in [4.69, 9.17) is 14.2 Å². The molecule has 3 atom stereocenters. The van der Waals surface area contributed by atoms with Gasteiger partial charge in [-0.25, -0.2) is 0 Å². The zero-order valence-electron chi connectivity index (χ0n) is 30.6. The Bertz CT molecular complexity index is 620. The fourth-order valence-electron chi connectivity index (χ4n) is 4.86. The maximum absolute atomic E-state index is 11.2. The van der Waals surface area contributed by atoms with Crippen LogP contribution in [0.1, 0.15) is 122 Å². The van der Waals surface area contributed by atoms with Gasteiger partial charge in [-0.2, -0.15) is 37.9 Å². The molecule has 0 aliphatic heterocycles. The molecule has 0 fully saturated rings. The van der Waals surface area contributed by atoms with Gasteiger partial charge in [0, 0.05) is 36.5 Å². The van der Waals surface area contributed by atoms with E-state index in [0.29, 0.717) is 74.1 Å². The molecule has 0 amide bonds. The fraction of sp³-hybridized carbons (Fsp3) is 0.912. The first-order chi connectivity index (χ1) is 20.0. The van der Waals surface area contributed by atoms with Crippen LogP contribution < -0.4 is 0 Å². The Kier molecular flexibility index (Phi) is 34.1. The van der Waals surface area contributed by atoms with Crippen molar-refractivity contribution in [2.24, 2.45) is 34.0 Å². The Labute approximate surface area is 302 Å². The van der Waals surface area contributed by atoms with E-state index in [9.17, 15) is 14.4 Å². The van der Waals surface area contributed by atoms with Crippen molar-refractivity contribution < 1.29 is 28.6 Å². The topological polar surface area (TPSA) is 78.9 Å². The molecule has 0 bridgehead atoms. The van der Waals surface area contributed by atoms with Crippen LogP contribution in [0.3, 0.4) is 0 Å². The van der Waals surface area contributed by atoms with Crippen molar-refractivity contribution in [2.45, 2.75) is 127 Å². The third-order valence-corrected chi connectivity index (χ3v) is 6.04. The molecule has 0 saturated heterocycles. The predicted octanol–water partition coefficient (Wildman–Crippen LogP) is 8.70. The summed E-state index contributed by atoms with van der Waals surface area (Å²) in [6.45, 7) is 27.2. The van der Waals surface area contributed by atoms with Crippen LogP contribution >= 0.6 is 37.9 Å². The molecule has 6 nitrogen and oxygen atoms in total. The molecule has 0 saturated carbocycles. The molecule has 0 aliphatic rings. The molecule has 0 aliphatic carbocycles. The SMILES string of the molecule is CC(CC(=O)OCCS)CC(C)(C)C.CC(CC(=O)OCCS)CC(C)(C)C.CC(CC(=O)OCCS)CC(C)(C)C.[CH3][SnH]. The molecule has 0 aromatic rings. The fourth-order valence-corrected chi connectivity index (χ4v) is 5.14. The van der Waals surface area contributed by atoms with Gasteiger partial charge in [0.05, 0.1) is 0 Å². The van der Waals surface area contributed by atoms with Crippen molar-refractivity contribution >= 4 is 78.3 Å². The Morgan fingerprint density at radius 2 is 0.682 bits per heavy atom. The Morgan fingerprint density at radius 1 is 0.500 bits per heavy atom. The molecule has 3 unspecified atom stereocenters. The number of carbonyl (C=O) groups excluding carboxylic acids is 3. The van der Waals surface area contributed by atoms with Crippen LogP contribution in [0.4, 0.5) is 0 Å². The van der Waals surface area contributed by atoms with E-state index in [1.807, 2.05) is 0 Å². The van der Waals surface area contributed by atoms with Crippen LogP contribution in [0.2, 0.25) is 4.94 Å². The average Bonchev–Trinajstić information content (AvgIpc) is 2.83. The molecule has 2 radical (unpaired) electrons. The number of esters is 3. The van der Waals surface area contributed by atoms with Crippen LogP contribution in [0.15, 0.2) is 0 Å². The number of hydrogen-bond donors (Lipinski definition) is 3. The van der Waals surface area contributed by atoms with Gasteiger partial charge in [0.1, 0.15) is 19.8 Å². The van der Waals surface area contributed by atoms with Crippen molar-refractivity contribution in [1.82, 2.24) is 0 Å². The zero-order chi connectivity index (χ0) is 35.6. The number of carbonyl (C=O) groups is 3. The summed E-state index contributed by atoms with van der Waals surface area (Å²) >= 11 is 13.3. The van der Waals surface area contributed by atoms with Gasteiger partial charge in [-0.3, -0.25) is 14.4 Å². The van der Waals surface area contributed by atoms with Gasteiger partial charge in [0.25, 0.3) is 0 Å². The number of hydrogen-bond acceptors (Lipinski definition) is 9. The average molecular weight is 790 g/mol. The Morgan fingerprint density at radius 3 is 0.818 bits per heavy atom. The van der Waals surface area contributed by atoms with Gasteiger partial charge < -0.3 is 14.2 Å². The molecule has 0 rings (SSSR count). The summed E-state index contributed by atoms with van der Waals surface area (Å²) in [5, 5.41) is 0. The van der Waals surface area contributed by atoms with Crippen molar-refractivity contribution in [3.8, 4) is 0 Å². The Balaban J connectivity index is -0.000000265. The molecule has 0 aromatic heterocycles. The number of rotatable bonds is 15. The summed E-state index contributed by atoms with van der Waals surface area (Å²) in [7, 11) is 0. The molecule has 0 N–H and O–H groups in total. The standard InChI is InChI=1S/3C11H22O2S.CH3.Sn.H/c3*1-9(8-11(2,3)4)7-10(12)13-5-6-14;;;/h3*9,14H,5-8H2,1-4H3;1H3;;. The molecular weight excluding hydrogens is 719 g/mol. The van der Waals surface area contributed by atoms with Gasteiger partial charge in [0.2, 0.25) is 0 Å². The maximum atomic E-state index is 11.2. The molecule has 0 aromatic carbocycles. The second-order valence-corrected chi connectivity index (χ2v) is 16.4. The molecular formula is C34H70O6S3Sn. The van der Waals surface area contributed by atoms with E-state index < -0.39 is 0 Å². The van der Waals surface area contributed by atoms with E-state index in [0.717, 1.165) is 19.3 Å². The zero-order valence-corrected chi connectivity index (χ0v) is 36.6. The van der Waals surface area contributed by atoms with Crippen LogP contribution in [-0.2, 0) is 28.6 Å². The van der Waals surface area contributed by atoms with Crippen molar-refractivity contribution in [1.29, 1.82) is 0 Å². The number of thiol groups is 3. The first-order valence-corrected chi connectivity index (χ1v) is 21.1. The first-order valence-electron chi connectivity index (χ1n) is 15.9. The van der Waals surface area contributed by atoms with Gasteiger partial charge in [-0.15, -0.1) is 0 Å². The van der Waals surface area contributed by atoms with E-state index in [2.05, 4.69) is 126 Å². The third kappa shape index (κ3) is 46.7. The van der Waals surface area contributed by atoms with Crippen LogP contribution in [0.5, 0.6) is 0 Å². The molecule has 0 heterocycles. The van der Waals surface area contributed by atoms with Crippen molar-refractivity contribution in [3.05, 3.63) is 0 Å². The van der Waals surface area contributed by atoms with Crippen LogP contribution in [0.25, 0.3) is 0 Å². The van der Waals surface area contributed by atoms with Crippen molar-refractivity contribution in [3.63, 3.8) is 0 Å². The van der Waals surface area contributed by atoms with Crippen molar-refractivity contribution in [2.75, 3.05) is 37.1 Å². The van der Waals surface area contributed by atoms with Gasteiger partial charge in [-0.05, 0) is 53.3 Å². The second kappa shape index (κ2) is 29.4. The van der Waals surface area contributed by atoms with Crippen LogP contribution in [-0.4, -0.2) is 77.5 Å². The van der Waals surface area contributed by atoms with Crippen LogP contribution in [0, 0.1) is 34.0 Å². The van der Waals surface area contributed by atoms with Gasteiger partial charge in [0.15, 0.2) is 0 Å². The predicted molar refractivity (Wildman–Crippen MR) is 201 cm³/mol. The summed E-state index contributed by atoms with van der Waals surface area (Å²) < 4.78 is 14.9. The quantitative estimate of drug-likeness (QED) is 0.0668. The third-order valence-electron chi connectivity index (χ3n) is 5.49.